The maximum Gasteiger partial charge on any atom is 0.119 e. The topological polar surface area (TPSA) is 41.5 Å². The largest absolute Gasteiger partial charge is 0.489 e. The third-order valence-electron chi connectivity index (χ3n) is 4.22. The van der Waals surface area contributed by atoms with Crippen LogP contribution in [0.1, 0.15) is 22.8 Å². The second-order valence-corrected chi connectivity index (χ2v) is 7.00. The smallest absolute Gasteiger partial charge is 0.119 e. The van der Waals surface area contributed by atoms with Crippen LogP contribution < -0.4 is 10.1 Å². The first-order chi connectivity index (χ1) is 13.1. The van der Waals surface area contributed by atoms with Gasteiger partial charge in [-0.05, 0) is 35.4 Å². The molecule has 0 aromatic heterocycles. The van der Waals surface area contributed by atoms with Crippen molar-refractivity contribution in [2.75, 3.05) is 6.54 Å². The van der Waals surface area contributed by atoms with Gasteiger partial charge in [0.05, 0.1) is 6.10 Å². The van der Waals surface area contributed by atoms with Crippen LogP contribution in [-0.2, 0) is 13.2 Å². The Morgan fingerprint density at radius 3 is 2.19 bits per heavy atom. The van der Waals surface area contributed by atoms with Crippen molar-refractivity contribution in [2.24, 2.45) is 0 Å². The van der Waals surface area contributed by atoms with Gasteiger partial charge in [-0.1, -0.05) is 71.7 Å². The number of halogens is 2. The average Bonchev–Trinajstić information content (AvgIpc) is 2.69. The Hall–Kier alpha value is -2.04. The highest BCUT2D eigenvalue weighted by molar-refractivity contribution is 6.35. The minimum atomic E-state index is -0.519. The molecule has 0 fully saturated rings. The van der Waals surface area contributed by atoms with Gasteiger partial charge in [-0.3, -0.25) is 0 Å². The van der Waals surface area contributed by atoms with E-state index in [0.717, 1.165) is 22.4 Å². The predicted molar refractivity (Wildman–Crippen MR) is 110 cm³/mol. The van der Waals surface area contributed by atoms with Crippen LogP contribution in [0.5, 0.6) is 5.75 Å². The third-order valence-corrected chi connectivity index (χ3v) is 4.93. The van der Waals surface area contributed by atoms with Crippen LogP contribution in [0.3, 0.4) is 0 Å². The number of hydrogen-bond acceptors (Lipinski definition) is 3. The number of aliphatic hydroxyl groups excluding tert-OH is 1. The molecule has 0 aliphatic carbocycles. The highest BCUT2D eigenvalue weighted by Gasteiger charge is 2.07. The monoisotopic (exact) mass is 401 g/mol. The number of hydrogen-bond donors (Lipinski definition) is 2. The molecule has 0 amide bonds. The summed E-state index contributed by atoms with van der Waals surface area (Å²) in [6, 6.07) is 22.8. The van der Waals surface area contributed by atoms with Gasteiger partial charge in [0.2, 0.25) is 0 Å². The first kappa shape index (κ1) is 19.7. The first-order valence-electron chi connectivity index (χ1n) is 8.72. The molecule has 27 heavy (non-hydrogen) atoms. The molecule has 0 saturated carbocycles. The quantitative estimate of drug-likeness (QED) is 0.531. The van der Waals surface area contributed by atoms with Crippen molar-refractivity contribution in [1.29, 1.82) is 0 Å². The Bertz CT molecular complexity index is 834. The predicted octanol–water partition coefficient (Wildman–Crippen LogP) is 5.40. The Labute approximate surface area is 169 Å². The highest BCUT2D eigenvalue weighted by Crippen LogP contribution is 2.26. The molecule has 1 atom stereocenters. The molecule has 3 aromatic carbocycles. The summed E-state index contributed by atoms with van der Waals surface area (Å²) in [4.78, 5) is 0. The van der Waals surface area contributed by atoms with Gasteiger partial charge in [0.1, 0.15) is 12.4 Å². The van der Waals surface area contributed by atoms with Crippen LogP contribution in [0, 0.1) is 0 Å². The van der Waals surface area contributed by atoms with Crippen molar-refractivity contribution in [3.8, 4) is 5.75 Å². The van der Waals surface area contributed by atoms with Gasteiger partial charge in [-0.2, -0.15) is 0 Å². The molecule has 0 spiro atoms. The van der Waals surface area contributed by atoms with Crippen molar-refractivity contribution >= 4 is 23.2 Å². The zero-order valence-electron chi connectivity index (χ0n) is 14.7. The van der Waals surface area contributed by atoms with Crippen molar-refractivity contribution < 1.29 is 9.84 Å². The number of aliphatic hydroxyl groups is 1. The van der Waals surface area contributed by atoms with E-state index in [4.69, 9.17) is 27.9 Å². The standard InChI is InChI=1S/C22H21Cl2NO2/c23-20-7-4-8-21(24)19(20)15-27-18-11-9-16(10-12-18)13-25-14-22(26)17-5-2-1-3-6-17/h1-12,22,25-26H,13-15H2. The summed E-state index contributed by atoms with van der Waals surface area (Å²) < 4.78 is 5.78. The molecule has 0 saturated heterocycles. The number of benzene rings is 3. The Kier molecular flexibility index (Phi) is 7.13. The normalized spacial score (nSPS) is 12.0. The lowest BCUT2D eigenvalue weighted by molar-refractivity contribution is 0.174. The van der Waals surface area contributed by atoms with E-state index in [-0.39, 0.29) is 0 Å². The fraction of sp³-hybridized carbons (Fsp3) is 0.182. The van der Waals surface area contributed by atoms with Crippen LogP contribution in [0.2, 0.25) is 10.0 Å². The average molecular weight is 402 g/mol. The molecule has 2 N–H and O–H groups in total. The number of rotatable bonds is 8. The minimum absolute atomic E-state index is 0.319. The molecule has 3 nitrogen and oxygen atoms in total. The summed E-state index contributed by atoms with van der Waals surface area (Å²) in [6.45, 7) is 1.48. The van der Waals surface area contributed by atoms with E-state index < -0.39 is 6.10 Å². The van der Waals surface area contributed by atoms with Gasteiger partial charge in [-0.15, -0.1) is 0 Å². The second kappa shape index (κ2) is 9.77. The van der Waals surface area contributed by atoms with Gasteiger partial charge in [0.25, 0.3) is 0 Å². The van der Waals surface area contributed by atoms with Crippen molar-refractivity contribution in [1.82, 2.24) is 5.32 Å². The molecule has 0 heterocycles. The molecule has 0 bridgehead atoms. The first-order valence-corrected chi connectivity index (χ1v) is 9.47. The van der Waals surface area contributed by atoms with Gasteiger partial charge >= 0.3 is 0 Å². The van der Waals surface area contributed by atoms with Crippen LogP contribution >= 0.6 is 23.2 Å². The SMILES string of the molecule is OC(CNCc1ccc(OCc2c(Cl)cccc2Cl)cc1)c1ccccc1. The van der Waals surface area contributed by atoms with Crippen molar-refractivity contribution in [3.63, 3.8) is 0 Å². The molecule has 1 unspecified atom stereocenters. The lowest BCUT2D eigenvalue weighted by Gasteiger charge is -2.13. The van der Waals surface area contributed by atoms with Gasteiger partial charge in [-0.25, -0.2) is 0 Å². The Morgan fingerprint density at radius 1 is 0.852 bits per heavy atom. The van der Waals surface area contributed by atoms with Crippen molar-refractivity contribution in [2.45, 2.75) is 19.3 Å². The van der Waals surface area contributed by atoms with Crippen LogP contribution in [0.15, 0.2) is 72.8 Å². The lowest BCUT2D eigenvalue weighted by Crippen LogP contribution is -2.20. The molecule has 3 rings (SSSR count). The number of nitrogens with one attached hydrogen (secondary N) is 1. The molecule has 0 radical (unpaired) electrons. The highest BCUT2D eigenvalue weighted by atomic mass is 35.5. The van der Waals surface area contributed by atoms with Gasteiger partial charge in [0, 0.05) is 28.7 Å². The van der Waals surface area contributed by atoms with Crippen LogP contribution in [0.25, 0.3) is 0 Å². The second-order valence-electron chi connectivity index (χ2n) is 6.19. The Morgan fingerprint density at radius 2 is 1.52 bits per heavy atom. The lowest BCUT2D eigenvalue weighted by atomic mass is 10.1. The summed E-state index contributed by atoms with van der Waals surface area (Å²) in [7, 11) is 0. The zero-order chi connectivity index (χ0) is 19.1. The van der Waals surface area contributed by atoms with Gasteiger partial charge in [0.15, 0.2) is 0 Å². The van der Waals surface area contributed by atoms with Crippen LogP contribution in [0.4, 0.5) is 0 Å². The maximum absolute atomic E-state index is 10.2. The molecule has 140 valence electrons. The summed E-state index contributed by atoms with van der Waals surface area (Å²) in [5.41, 5.74) is 2.80. The fourth-order valence-electron chi connectivity index (χ4n) is 2.68. The zero-order valence-corrected chi connectivity index (χ0v) is 16.3. The van der Waals surface area contributed by atoms with E-state index in [0.29, 0.717) is 29.7 Å². The molecule has 0 aliphatic heterocycles. The Balaban J connectivity index is 1.47. The summed E-state index contributed by atoms with van der Waals surface area (Å²) in [6.07, 6.45) is -0.519. The maximum atomic E-state index is 10.2. The van der Waals surface area contributed by atoms with E-state index in [2.05, 4.69) is 5.32 Å². The van der Waals surface area contributed by atoms with E-state index >= 15 is 0 Å². The van der Waals surface area contributed by atoms with Gasteiger partial charge < -0.3 is 15.2 Å². The minimum Gasteiger partial charge on any atom is -0.489 e. The summed E-state index contributed by atoms with van der Waals surface area (Å²) >= 11 is 12.3. The van der Waals surface area contributed by atoms with E-state index in [1.807, 2.05) is 60.7 Å². The fourth-order valence-corrected chi connectivity index (χ4v) is 3.18. The molecular weight excluding hydrogens is 381 g/mol. The third kappa shape index (κ3) is 5.72. The molecule has 5 heteroatoms. The summed E-state index contributed by atoms with van der Waals surface area (Å²) in [5.74, 6) is 0.749. The molecule has 3 aromatic rings. The van der Waals surface area contributed by atoms with E-state index in [9.17, 15) is 5.11 Å². The van der Waals surface area contributed by atoms with E-state index in [1.165, 1.54) is 0 Å². The van der Waals surface area contributed by atoms with Crippen molar-refractivity contribution in [3.05, 3.63) is 99.5 Å². The number of ether oxygens (including phenoxy) is 1. The molecule has 0 aliphatic rings. The van der Waals surface area contributed by atoms with E-state index in [1.54, 1.807) is 12.1 Å². The van der Waals surface area contributed by atoms with Crippen LogP contribution in [-0.4, -0.2) is 11.7 Å². The summed E-state index contributed by atoms with van der Waals surface area (Å²) in [5, 5.41) is 14.6. The molecular formula is C22H21Cl2NO2.